The lowest BCUT2D eigenvalue weighted by Crippen LogP contribution is -1.92. The highest BCUT2D eigenvalue weighted by Crippen LogP contribution is 2.13. The third kappa shape index (κ3) is 1.29. The fourth-order valence-corrected chi connectivity index (χ4v) is 1.27. The maximum absolute atomic E-state index is 10.3. The highest BCUT2D eigenvalue weighted by molar-refractivity contribution is 7.13. The van der Waals surface area contributed by atoms with E-state index in [9.17, 15) is 4.79 Å². The molecular weight excluding hydrogens is 134 g/mol. The van der Waals surface area contributed by atoms with Gasteiger partial charge in [-0.2, -0.15) is 0 Å². The molecule has 1 amide bonds. The van der Waals surface area contributed by atoms with Crippen LogP contribution in [-0.4, -0.2) is 5.91 Å². The second kappa shape index (κ2) is 2.19. The topological polar surface area (TPSA) is 40.9 Å². The summed E-state index contributed by atoms with van der Waals surface area (Å²) >= 11 is 1.36. The van der Waals surface area contributed by atoms with E-state index < -0.39 is 5.91 Å². The number of carbonyl (C=O) groups is 1. The molecule has 47 valence electrons. The van der Waals surface area contributed by atoms with Crippen LogP contribution < -0.4 is 5.73 Å². The number of thiophene rings is 1. The van der Waals surface area contributed by atoms with Crippen molar-refractivity contribution in [2.24, 2.45) is 0 Å². The third-order valence-electron chi connectivity index (χ3n) is 0.964. The minimum atomic E-state index is -0.590. The molecular formula is C6H6NOS. The molecule has 0 aliphatic heterocycles. The zero-order valence-corrected chi connectivity index (χ0v) is 5.79. The molecule has 0 atom stereocenters. The van der Waals surface area contributed by atoms with Gasteiger partial charge < -0.3 is 0 Å². The molecule has 0 spiro atoms. The Bertz CT molecular complexity index is 229. The Balaban J connectivity index is 2.98. The van der Waals surface area contributed by atoms with E-state index in [4.69, 9.17) is 5.73 Å². The summed E-state index contributed by atoms with van der Waals surface area (Å²) in [5, 5.41) is 0. The Morgan fingerprint density at radius 3 is 2.56 bits per heavy atom. The van der Waals surface area contributed by atoms with Gasteiger partial charge in [0, 0.05) is 4.88 Å². The minimum absolute atomic E-state index is 0.521. The smallest absolute Gasteiger partial charge is 0.266 e. The first-order valence-electron chi connectivity index (χ1n) is 2.52. The van der Waals surface area contributed by atoms with Gasteiger partial charge in [0.1, 0.15) is 0 Å². The monoisotopic (exact) mass is 140 g/mol. The molecule has 1 radical (unpaired) electrons. The van der Waals surface area contributed by atoms with Gasteiger partial charge in [-0.25, -0.2) is 0 Å². The molecule has 0 unspecified atom stereocenters. The van der Waals surface area contributed by atoms with Gasteiger partial charge in [-0.3, -0.25) is 10.5 Å². The zero-order chi connectivity index (χ0) is 6.85. The Hall–Kier alpha value is -0.830. The molecule has 0 fully saturated rings. The Morgan fingerprint density at radius 2 is 2.33 bits per heavy atom. The van der Waals surface area contributed by atoms with Gasteiger partial charge in [0.05, 0.1) is 4.88 Å². The number of carbonyl (C=O) groups excluding carboxylic acids is 1. The number of hydrogen-bond donors (Lipinski definition) is 0. The first-order valence-corrected chi connectivity index (χ1v) is 3.34. The molecule has 2 nitrogen and oxygen atoms in total. The maximum Gasteiger partial charge on any atom is 0.279 e. The number of rotatable bonds is 1. The summed E-state index contributed by atoms with van der Waals surface area (Å²) in [5.74, 6) is -0.590. The van der Waals surface area contributed by atoms with Crippen LogP contribution in [0.4, 0.5) is 0 Å². The molecule has 0 saturated carbocycles. The predicted molar refractivity (Wildman–Crippen MR) is 36.5 cm³/mol. The lowest BCUT2D eigenvalue weighted by Gasteiger charge is -1.79. The normalized spacial score (nSPS) is 9.44. The average Bonchev–Trinajstić information content (AvgIpc) is 2.14. The quantitative estimate of drug-likeness (QED) is 0.582. The first-order chi connectivity index (χ1) is 4.20. The van der Waals surface area contributed by atoms with E-state index in [1.54, 1.807) is 6.07 Å². The van der Waals surface area contributed by atoms with Crippen molar-refractivity contribution in [2.75, 3.05) is 0 Å². The highest BCUT2D eigenvalue weighted by Gasteiger charge is 2.01. The summed E-state index contributed by atoms with van der Waals surface area (Å²) in [6.07, 6.45) is 0. The van der Waals surface area contributed by atoms with Gasteiger partial charge in [-0.1, -0.05) is 0 Å². The van der Waals surface area contributed by atoms with E-state index >= 15 is 0 Å². The van der Waals surface area contributed by atoms with Crippen molar-refractivity contribution >= 4 is 17.2 Å². The number of aryl methyl sites for hydroxylation is 1. The predicted octanol–water partition coefficient (Wildman–Crippen LogP) is 1.48. The van der Waals surface area contributed by atoms with Crippen LogP contribution in [-0.2, 0) is 0 Å². The summed E-state index contributed by atoms with van der Waals surface area (Å²) < 4.78 is 0. The van der Waals surface area contributed by atoms with E-state index in [-0.39, 0.29) is 0 Å². The van der Waals surface area contributed by atoms with Crippen molar-refractivity contribution in [3.63, 3.8) is 0 Å². The second-order valence-corrected chi connectivity index (χ2v) is 3.03. The molecule has 1 N–H and O–H groups in total. The molecule has 1 aromatic rings. The largest absolute Gasteiger partial charge is 0.279 e. The average molecular weight is 140 g/mol. The van der Waals surface area contributed by atoms with Gasteiger partial charge in [-0.05, 0) is 19.1 Å². The third-order valence-corrected chi connectivity index (χ3v) is 1.96. The summed E-state index contributed by atoms with van der Waals surface area (Å²) in [5.41, 5.74) is 6.70. The Labute approximate surface area is 57.3 Å². The fourth-order valence-electron chi connectivity index (χ4n) is 0.557. The van der Waals surface area contributed by atoms with Crippen molar-refractivity contribution in [3.8, 4) is 0 Å². The summed E-state index contributed by atoms with van der Waals surface area (Å²) in [6.45, 7) is 1.91. The lowest BCUT2D eigenvalue weighted by molar-refractivity contribution is 0.0996. The molecule has 0 bridgehead atoms. The van der Waals surface area contributed by atoms with Crippen LogP contribution >= 0.6 is 11.3 Å². The fraction of sp³-hybridized carbons (Fsp3) is 0.167. The summed E-state index contributed by atoms with van der Waals surface area (Å²) in [7, 11) is 0. The van der Waals surface area contributed by atoms with Crippen molar-refractivity contribution in [1.82, 2.24) is 5.73 Å². The Kier molecular flexibility index (Phi) is 1.53. The van der Waals surface area contributed by atoms with Crippen molar-refractivity contribution in [1.29, 1.82) is 0 Å². The van der Waals surface area contributed by atoms with Crippen LogP contribution in [0.1, 0.15) is 14.5 Å². The van der Waals surface area contributed by atoms with E-state index in [0.29, 0.717) is 4.88 Å². The van der Waals surface area contributed by atoms with E-state index in [0.717, 1.165) is 4.88 Å². The molecule has 0 aliphatic rings. The van der Waals surface area contributed by atoms with Crippen LogP contribution in [0, 0.1) is 6.92 Å². The van der Waals surface area contributed by atoms with Gasteiger partial charge in [0.25, 0.3) is 5.91 Å². The molecule has 1 heterocycles. The molecule has 0 aliphatic carbocycles. The van der Waals surface area contributed by atoms with Crippen molar-refractivity contribution < 1.29 is 4.79 Å². The summed E-state index contributed by atoms with van der Waals surface area (Å²) in [6, 6.07) is 3.52. The Morgan fingerprint density at radius 1 is 1.67 bits per heavy atom. The van der Waals surface area contributed by atoms with Crippen LogP contribution in [0.5, 0.6) is 0 Å². The minimum Gasteiger partial charge on any atom is -0.266 e. The second-order valence-electron chi connectivity index (χ2n) is 1.74. The lowest BCUT2D eigenvalue weighted by atomic mass is 10.4. The van der Waals surface area contributed by atoms with Crippen molar-refractivity contribution in [2.45, 2.75) is 6.92 Å². The van der Waals surface area contributed by atoms with Gasteiger partial charge in [0.2, 0.25) is 0 Å². The molecule has 1 aromatic heterocycles. The van der Waals surface area contributed by atoms with Crippen LogP contribution in [0.25, 0.3) is 0 Å². The maximum atomic E-state index is 10.3. The molecule has 9 heavy (non-hydrogen) atoms. The highest BCUT2D eigenvalue weighted by atomic mass is 32.1. The SMILES string of the molecule is Cc1ccc(C([NH])=O)s1. The zero-order valence-electron chi connectivity index (χ0n) is 4.97. The number of amides is 1. The summed E-state index contributed by atoms with van der Waals surface area (Å²) in [4.78, 5) is 11.9. The molecule has 3 heteroatoms. The molecule has 0 aromatic carbocycles. The van der Waals surface area contributed by atoms with Gasteiger partial charge >= 0.3 is 0 Å². The van der Waals surface area contributed by atoms with Crippen molar-refractivity contribution in [3.05, 3.63) is 21.9 Å². The van der Waals surface area contributed by atoms with Gasteiger partial charge in [-0.15, -0.1) is 11.3 Å². The van der Waals surface area contributed by atoms with E-state index in [1.165, 1.54) is 11.3 Å². The molecule has 0 saturated heterocycles. The molecule has 1 rings (SSSR count). The first kappa shape index (κ1) is 6.29. The number of hydrogen-bond acceptors (Lipinski definition) is 2. The van der Waals surface area contributed by atoms with E-state index in [1.807, 2.05) is 13.0 Å². The van der Waals surface area contributed by atoms with Crippen LogP contribution in [0.2, 0.25) is 0 Å². The van der Waals surface area contributed by atoms with Crippen LogP contribution in [0.3, 0.4) is 0 Å². The van der Waals surface area contributed by atoms with Gasteiger partial charge in [0.15, 0.2) is 0 Å². The standard InChI is InChI=1S/C6H6NOS/c1-4-2-3-5(9-4)6(7)8/h2-3,7H,1H3. The van der Waals surface area contributed by atoms with Crippen LogP contribution in [0.15, 0.2) is 12.1 Å². The number of nitrogens with one attached hydrogen (secondary N) is 1. The van der Waals surface area contributed by atoms with E-state index in [2.05, 4.69) is 0 Å².